The third-order valence-corrected chi connectivity index (χ3v) is 6.19. The summed E-state index contributed by atoms with van der Waals surface area (Å²) in [5, 5.41) is 3.34. The Labute approximate surface area is 205 Å². The topological polar surface area (TPSA) is 97.2 Å². The number of likely N-dealkylation sites (N-methyl/N-ethyl adjacent to an activating group) is 2. The van der Waals surface area contributed by atoms with Gasteiger partial charge in [0.25, 0.3) is 0 Å². The summed E-state index contributed by atoms with van der Waals surface area (Å²) in [7, 11) is 7.94. The molecule has 4 aromatic rings. The number of nitrogen functional groups attached to an aromatic ring is 1. The van der Waals surface area contributed by atoms with Crippen molar-refractivity contribution in [2.75, 3.05) is 50.2 Å². The second kappa shape index (κ2) is 9.79. The summed E-state index contributed by atoms with van der Waals surface area (Å²) in [4.78, 5) is 26.4. The first-order chi connectivity index (χ1) is 16.7. The van der Waals surface area contributed by atoms with E-state index in [4.69, 9.17) is 5.73 Å². The third kappa shape index (κ3) is 4.85. The molecule has 0 aliphatic carbocycles. The number of nitrogens with one attached hydrogen (secondary N) is 1. The Balaban J connectivity index is 1.70. The molecule has 0 atom stereocenters. The minimum atomic E-state index is -0.159. The van der Waals surface area contributed by atoms with E-state index in [0.29, 0.717) is 17.5 Å². The van der Waals surface area contributed by atoms with Gasteiger partial charge in [0.15, 0.2) is 0 Å². The zero-order chi connectivity index (χ0) is 25.3. The number of fused-ring (bicyclic) bond motifs is 1. The van der Waals surface area contributed by atoms with E-state index < -0.39 is 0 Å². The van der Waals surface area contributed by atoms with E-state index in [1.54, 1.807) is 28.4 Å². The summed E-state index contributed by atoms with van der Waals surface area (Å²) in [6.07, 6.45) is 1.65. The van der Waals surface area contributed by atoms with E-state index in [-0.39, 0.29) is 11.6 Å². The number of benzene rings is 2. The van der Waals surface area contributed by atoms with Crippen LogP contribution in [-0.2, 0) is 7.05 Å². The van der Waals surface area contributed by atoms with Gasteiger partial charge in [0.05, 0.1) is 22.4 Å². The number of anilines is 4. The van der Waals surface area contributed by atoms with Crippen LogP contribution < -0.4 is 21.6 Å². The maximum Gasteiger partial charge on any atom is 0.334 e. The van der Waals surface area contributed by atoms with Gasteiger partial charge in [0.1, 0.15) is 5.82 Å². The van der Waals surface area contributed by atoms with E-state index in [2.05, 4.69) is 66.1 Å². The van der Waals surface area contributed by atoms with Crippen LogP contribution in [0.25, 0.3) is 16.9 Å². The first kappa shape index (κ1) is 24.3. The van der Waals surface area contributed by atoms with Crippen molar-refractivity contribution in [3.8, 4) is 5.82 Å². The van der Waals surface area contributed by atoms with Crippen LogP contribution >= 0.6 is 0 Å². The molecule has 0 fully saturated rings. The molecule has 0 aliphatic heterocycles. The Morgan fingerprint density at radius 3 is 2.46 bits per heavy atom. The Morgan fingerprint density at radius 2 is 1.77 bits per heavy atom. The zero-order valence-corrected chi connectivity index (χ0v) is 21.3. The van der Waals surface area contributed by atoms with Gasteiger partial charge in [-0.15, -0.1) is 0 Å². The molecule has 9 nitrogen and oxygen atoms in total. The molecule has 0 saturated carbocycles. The number of aryl methyl sites for hydroxylation is 1. The van der Waals surface area contributed by atoms with Gasteiger partial charge in [-0.2, -0.15) is 4.98 Å². The predicted molar refractivity (Wildman–Crippen MR) is 144 cm³/mol. The third-order valence-electron chi connectivity index (χ3n) is 6.19. The van der Waals surface area contributed by atoms with Crippen LogP contribution in [0.5, 0.6) is 0 Å². The van der Waals surface area contributed by atoms with Crippen molar-refractivity contribution < 1.29 is 0 Å². The van der Waals surface area contributed by atoms with Crippen molar-refractivity contribution in [1.29, 1.82) is 0 Å². The van der Waals surface area contributed by atoms with Gasteiger partial charge in [-0.05, 0) is 49.8 Å². The normalized spacial score (nSPS) is 11.5. The number of hydrogen-bond acceptors (Lipinski definition) is 7. The molecule has 0 saturated heterocycles. The highest BCUT2D eigenvalue weighted by Crippen LogP contribution is 2.35. The van der Waals surface area contributed by atoms with Crippen molar-refractivity contribution in [2.45, 2.75) is 19.8 Å². The summed E-state index contributed by atoms with van der Waals surface area (Å²) >= 11 is 0. The van der Waals surface area contributed by atoms with E-state index in [1.165, 1.54) is 0 Å². The number of para-hydroxylation sites is 2. The predicted octanol–water partition coefficient (Wildman–Crippen LogP) is 3.57. The fourth-order valence-corrected chi connectivity index (χ4v) is 4.18. The van der Waals surface area contributed by atoms with Crippen molar-refractivity contribution in [2.24, 2.45) is 7.05 Å². The summed E-state index contributed by atoms with van der Waals surface area (Å²) in [5.74, 6) is 1.16. The molecule has 3 N–H and O–H groups in total. The van der Waals surface area contributed by atoms with Gasteiger partial charge >= 0.3 is 5.69 Å². The fraction of sp³-hybridized carbons (Fsp3) is 0.346. The molecule has 0 amide bonds. The van der Waals surface area contributed by atoms with E-state index in [9.17, 15) is 4.79 Å². The number of aromatic nitrogens is 4. The molecule has 2 aromatic carbocycles. The van der Waals surface area contributed by atoms with Gasteiger partial charge in [-0.1, -0.05) is 26.0 Å². The molecule has 35 heavy (non-hydrogen) atoms. The molecule has 9 heteroatoms. The van der Waals surface area contributed by atoms with Gasteiger partial charge < -0.3 is 20.9 Å². The summed E-state index contributed by atoms with van der Waals surface area (Å²) in [6.45, 7) is 6.09. The van der Waals surface area contributed by atoms with Crippen LogP contribution in [-0.4, -0.2) is 58.2 Å². The molecule has 2 heterocycles. The lowest BCUT2D eigenvalue weighted by Crippen LogP contribution is -2.29. The number of rotatable bonds is 8. The molecule has 4 rings (SSSR count). The Hall–Kier alpha value is -3.85. The lowest BCUT2D eigenvalue weighted by Gasteiger charge is -2.25. The Kier molecular flexibility index (Phi) is 6.79. The van der Waals surface area contributed by atoms with Crippen molar-refractivity contribution in [3.05, 3.63) is 64.7 Å². The maximum absolute atomic E-state index is 13.0. The zero-order valence-electron chi connectivity index (χ0n) is 21.3. The maximum atomic E-state index is 13.0. The van der Waals surface area contributed by atoms with Crippen LogP contribution in [0.3, 0.4) is 0 Å². The van der Waals surface area contributed by atoms with Crippen molar-refractivity contribution in [1.82, 2.24) is 24.0 Å². The molecule has 0 unspecified atom stereocenters. The molecule has 0 bridgehead atoms. The summed E-state index contributed by atoms with van der Waals surface area (Å²) in [6, 6.07) is 13.5. The molecular weight excluding hydrogens is 440 g/mol. The van der Waals surface area contributed by atoms with Crippen LogP contribution in [0.4, 0.5) is 23.0 Å². The van der Waals surface area contributed by atoms with Crippen molar-refractivity contribution in [3.63, 3.8) is 0 Å². The summed E-state index contributed by atoms with van der Waals surface area (Å²) in [5.41, 5.74) is 11.6. The minimum Gasteiger partial charge on any atom is -0.397 e. The SMILES string of the molecule is CC(C)c1cc(N(C)CCN(C)C)c(N)cc1Nc1nccc(-n2c(=O)n(C)c3ccccc32)n1. The first-order valence-corrected chi connectivity index (χ1v) is 11.7. The highest BCUT2D eigenvalue weighted by atomic mass is 16.1. The monoisotopic (exact) mass is 474 g/mol. The Morgan fingerprint density at radius 1 is 1.06 bits per heavy atom. The molecule has 0 aliphatic rings. The summed E-state index contributed by atoms with van der Waals surface area (Å²) < 4.78 is 3.22. The van der Waals surface area contributed by atoms with Crippen LogP contribution in [0.15, 0.2) is 53.5 Å². The first-order valence-electron chi connectivity index (χ1n) is 11.7. The number of nitrogens with two attached hydrogens (primary N) is 1. The number of imidazole rings is 1. The van der Waals surface area contributed by atoms with Gasteiger partial charge in [0.2, 0.25) is 5.95 Å². The van der Waals surface area contributed by atoms with E-state index >= 15 is 0 Å². The lowest BCUT2D eigenvalue weighted by molar-refractivity contribution is 0.416. The van der Waals surface area contributed by atoms with Gasteiger partial charge in [0, 0.05) is 45.1 Å². The van der Waals surface area contributed by atoms with Crippen LogP contribution in [0, 0.1) is 0 Å². The molecular formula is C26H34N8O. The fourth-order valence-electron chi connectivity index (χ4n) is 4.18. The lowest BCUT2D eigenvalue weighted by atomic mass is 9.99. The molecule has 2 aromatic heterocycles. The molecule has 0 radical (unpaired) electrons. The van der Waals surface area contributed by atoms with Crippen LogP contribution in [0.2, 0.25) is 0 Å². The van der Waals surface area contributed by atoms with E-state index in [1.807, 2.05) is 30.3 Å². The van der Waals surface area contributed by atoms with E-state index in [0.717, 1.165) is 41.1 Å². The standard InChI is InChI=1S/C26H34N8O/c1-17(2)18-15-23(32(5)14-13-31(3)4)19(27)16-20(18)29-25-28-12-11-24(30-25)34-22-10-8-7-9-21(22)33(6)26(34)35/h7-12,15-17H,13-14,27H2,1-6H3,(H,28,29,30). The van der Waals surface area contributed by atoms with Gasteiger partial charge in [-0.25, -0.2) is 14.3 Å². The largest absolute Gasteiger partial charge is 0.397 e. The van der Waals surface area contributed by atoms with Gasteiger partial charge in [-0.3, -0.25) is 4.57 Å². The second-order valence-electron chi connectivity index (χ2n) is 9.41. The highest BCUT2D eigenvalue weighted by molar-refractivity contribution is 5.79. The number of nitrogens with zero attached hydrogens (tertiary/aromatic N) is 6. The second-order valence-corrected chi connectivity index (χ2v) is 9.41. The molecule has 0 spiro atoms. The quantitative estimate of drug-likeness (QED) is 0.377. The molecule has 184 valence electrons. The highest BCUT2D eigenvalue weighted by Gasteiger charge is 2.17. The van der Waals surface area contributed by atoms with Crippen molar-refractivity contribution >= 4 is 34.0 Å². The number of hydrogen-bond donors (Lipinski definition) is 2. The average Bonchev–Trinajstić information content (AvgIpc) is 3.07. The minimum absolute atomic E-state index is 0.159. The smallest absolute Gasteiger partial charge is 0.334 e. The Bertz CT molecular complexity index is 1400. The average molecular weight is 475 g/mol. The van der Waals surface area contributed by atoms with Crippen LogP contribution in [0.1, 0.15) is 25.3 Å².